The van der Waals surface area contributed by atoms with Crippen molar-refractivity contribution in [2.75, 3.05) is 13.1 Å². The summed E-state index contributed by atoms with van der Waals surface area (Å²) in [7, 11) is 0. The average molecular weight is 219 g/mol. The molecule has 0 aromatic heterocycles. The summed E-state index contributed by atoms with van der Waals surface area (Å²) in [5.74, 6) is 0.921. The molecule has 1 aliphatic carbocycles. The summed E-state index contributed by atoms with van der Waals surface area (Å²) in [5, 5.41) is 0. The molecule has 90 valence electrons. The van der Waals surface area contributed by atoms with Gasteiger partial charge in [-0.1, -0.05) is 33.9 Å². The summed E-state index contributed by atoms with van der Waals surface area (Å²) < 4.78 is 0. The molecule has 2 aliphatic rings. The van der Waals surface area contributed by atoms with Gasteiger partial charge >= 0.3 is 0 Å². The second-order valence-corrected chi connectivity index (χ2v) is 6.84. The molecule has 0 aromatic rings. The molecule has 0 radical (unpaired) electrons. The quantitative estimate of drug-likeness (QED) is 0.638. The van der Waals surface area contributed by atoms with Crippen LogP contribution >= 0.6 is 0 Å². The minimum atomic E-state index is 0.494. The Bertz CT molecular complexity index is 302. The van der Waals surface area contributed by atoms with Gasteiger partial charge in [-0.25, -0.2) is 0 Å². The Balaban J connectivity index is 1.92. The topological polar surface area (TPSA) is 3.24 Å². The lowest BCUT2D eigenvalue weighted by atomic mass is 9.54. The molecule has 1 saturated carbocycles. The third-order valence-corrected chi connectivity index (χ3v) is 4.66. The Kier molecular flexibility index (Phi) is 2.68. The SMILES string of the molecule is C=CC(=C)N1CCC2(CC(C(C)(C)C)C2)C1. The van der Waals surface area contributed by atoms with Gasteiger partial charge in [0.15, 0.2) is 0 Å². The van der Waals surface area contributed by atoms with E-state index in [4.69, 9.17) is 0 Å². The summed E-state index contributed by atoms with van der Waals surface area (Å²) in [6.45, 7) is 17.4. The first-order chi connectivity index (χ1) is 7.36. The Morgan fingerprint density at radius 2 is 2.00 bits per heavy atom. The fourth-order valence-electron chi connectivity index (χ4n) is 3.24. The number of nitrogens with zero attached hydrogens (tertiary/aromatic N) is 1. The van der Waals surface area contributed by atoms with Crippen molar-refractivity contribution in [1.82, 2.24) is 4.90 Å². The number of allylic oxidation sites excluding steroid dienone is 1. The van der Waals surface area contributed by atoms with Crippen LogP contribution in [-0.2, 0) is 0 Å². The molecule has 2 fully saturated rings. The van der Waals surface area contributed by atoms with Crippen LogP contribution in [0.2, 0.25) is 0 Å². The predicted octanol–water partition coefficient (Wildman–Crippen LogP) is 3.83. The number of hydrogen-bond donors (Lipinski definition) is 0. The summed E-state index contributed by atoms with van der Waals surface area (Å²) in [6.07, 6.45) is 6.07. The molecule has 1 heteroatoms. The minimum absolute atomic E-state index is 0.494. The third kappa shape index (κ3) is 1.92. The lowest BCUT2D eigenvalue weighted by Crippen LogP contribution is -2.44. The van der Waals surface area contributed by atoms with Crippen LogP contribution in [0.1, 0.15) is 40.0 Å². The van der Waals surface area contributed by atoms with Gasteiger partial charge in [0.25, 0.3) is 0 Å². The van der Waals surface area contributed by atoms with Gasteiger partial charge in [0.05, 0.1) is 0 Å². The van der Waals surface area contributed by atoms with Crippen LogP contribution < -0.4 is 0 Å². The number of likely N-dealkylation sites (tertiary alicyclic amines) is 1. The van der Waals surface area contributed by atoms with Crippen LogP contribution in [0, 0.1) is 16.7 Å². The molecule has 1 heterocycles. The highest BCUT2D eigenvalue weighted by Gasteiger charge is 2.51. The van der Waals surface area contributed by atoms with E-state index in [2.05, 4.69) is 38.8 Å². The van der Waals surface area contributed by atoms with Gasteiger partial charge in [-0.3, -0.25) is 0 Å². The van der Waals surface area contributed by atoms with Crippen molar-refractivity contribution in [2.24, 2.45) is 16.7 Å². The summed E-state index contributed by atoms with van der Waals surface area (Å²) in [5.41, 5.74) is 2.22. The van der Waals surface area contributed by atoms with Gasteiger partial charge in [0.1, 0.15) is 0 Å². The Morgan fingerprint density at radius 1 is 1.38 bits per heavy atom. The first kappa shape index (κ1) is 11.8. The van der Waals surface area contributed by atoms with Crippen LogP contribution in [0.3, 0.4) is 0 Å². The maximum atomic E-state index is 4.05. The molecule has 0 aromatic carbocycles. The standard InChI is InChI=1S/C15H25N/c1-6-12(2)16-8-7-15(11-16)9-13(10-15)14(3,4)5/h6,13H,1-2,7-11H2,3-5H3. The van der Waals surface area contributed by atoms with E-state index in [0.717, 1.165) is 11.6 Å². The minimum Gasteiger partial charge on any atom is -0.371 e. The zero-order chi connectivity index (χ0) is 12.0. The maximum Gasteiger partial charge on any atom is 0.0287 e. The Labute approximate surface area is 100 Å². The van der Waals surface area contributed by atoms with Crippen LogP contribution in [0.4, 0.5) is 0 Å². The fraction of sp³-hybridized carbons (Fsp3) is 0.733. The van der Waals surface area contributed by atoms with Crippen LogP contribution in [-0.4, -0.2) is 18.0 Å². The second kappa shape index (κ2) is 3.65. The normalized spacial score (nSPS) is 33.9. The lowest BCUT2D eigenvalue weighted by molar-refractivity contribution is -0.00366. The van der Waals surface area contributed by atoms with E-state index in [1.165, 1.54) is 32.4 Å². The molecule has 0 atom stereocenters. The van der Waals surface area contributed by atoms with E-state index in [-0.39, 0.29) is 0 Å². The highest BCUT2D eigenvalue weighted by molar-refractivity contribution is 5.15. The van der Waals surface area contributed by atoms with E-state index in [1.54, 1.807) is 0 Å². The molecular weight excluding hydrogens is 194 g/mol. The van der Waals surface area contributed by atoms with E-state index in [1.807, 2.05) is 6.08 Å². The average Bonchev–Trinajstić information content (AvgIpc) is 2.57. The van der Waals surface area contributed by atoms with Crippen molar-refractivity contribution >= 4 is 0 Å². The van der Waals surface area contributed by atoms with Gasteiger partial charge in [0.2, 0.25) is 0 Å². The van der Waals surface area contributed by atoms with Gasteiger partial charge in [-0.15, -0.1) is 0 Å². The molecule has 0 N–H and O–H groups in total. The molecule has 0 amide bonds. The zero-order valence-electron chi connectivity index (χ0n) is 11.1. The molecular formula is C15H25N. The van der Waals surface area contributed by atoms with Gasteiger partial charge in [-0.2, -0.15) is 0 Å². The van der Waals surface area contributed by atoms with Crippen molar-refractivity contribution < 1.29 is 0 Å². The predicted molar refractivity (Wildman–Crippen MR) is 70.1 cm³/mol. The number of rotatable bonds is 2. The van der Waals surface area contributed by atoms with Crippen molar-refractivity contribution in [3.63, 3.8) is 0 Å². The Hall–Kier alpha value is -0.720. The first-order valence-electron chi connectivity index (χ1n) is 6.43. The molecule has 1 saturated heterocycles. The monoisotopic (exact) mass is 219 g/mol. The first-order valence-corrected chi connectivity index (χ1v) is 6.43. The molecule has 1 aliphatic heterocycles. The molecule has 16 heavy (non-hydrogen) atoms. The van der Waals surface area contributed by atoms with E-state index in [0.29, 0.717) is 10.8 Å². The fourth-order valence-corrected chi connectivity index (χ4v) is 3.24. The van der Waals surface area contributed by atoms with Crippen molar-refractivity contribution in [3.05, 3.63) is 24.9 Å². The van der Waals surface area contributed by atoms with E-state index < -0.39 is 0 Å². The van der Waals surface area contributed by atoms with Crippen molar-refractivity contribution in [1.29, 1.82) is 0 Å². The summed E-state index contributed by atoms with van der Waals surface area (Å²) in [6, 6.07) is 0. The third-order valence-electron chi connectivity index (χ3n) is 4.66. The summed E-state index contributed by atoms with van der Waals surface area (Å²) in [4.78, 5) is 2.41. The van der Waals surface area contributed by atoms with Crippen molar-refractivity contribution in [3.8, 4) is 0 Å². The highest BCUT2D eigenvalue weighted by atomic mass is 15.2. The number of hydrogen-bond acceptors (Lipinski definition) is 1. The summed E-state index contributed by atoms with van der Waals surface area (Å²) >= 11 is 0. The molecule has 0 bridgehead atoms. The largest absolute Gasteiger partial charge is 0.371 e. The molecule has 2 rings (SSSR count). The van der Waals surface area contributed by atoms with Gasteiger partial charge in [0, 0.05) is 18.8 Å². The van der Waals surface area contributed by atoms with E-state index >= 15 is 0 Å². The van der Waals surface area contributed by atoms with Crippen molar-refractivity contribution in [2.45, 2.75) is 40.0 Å². The molecule has 1 nitrogen and oxygen atoms in total. The highest BCUT2D eigenvalue weighted by Crippen LogP contribution is 2.57. The molecule has 0 unspecified atom stereocenters. The second-order valence-electron chi connectivity index (χ2n) is 6.84. The maximum absolute atomic E-state index is 4.05. The molecule has 1 spiro atoms. The zero-order valence-corrected chi connectivity index (χ0v) is 11.1. The van der Waals surface area contributed by atoms with Crippen LogP contribution in [0.15, 0.2) is 24.9 Å². The Morgan fingerprint density at radius 3 is 2.50 bits per heavy atom. The lowest BCUT2D eigenvalue weighted by Gasteiger charge is -2.51. The van der Waals surface area contributed by atoms with Crippen LogP contribution in [0.5, 0.6) is 0 Å². The van der Waals surface area contributed by atoms with Gasteiger partial charge in [-0.05, 0) is 42.1 Å². The van der Waals surface area contributed by atoms with Gasteiger partial charge < -0.3 is 4.90 Å². The van der Waals surface area contributed by atoms with E-state index in [9.17, 15) is 0 Å². The van der Waals surface area contributed by atoms with Crippen LogP contribution in [0.25, 0.3) is 0 Å². The smallest absolute Gasteiger partial charge is 0.0287 e.